The summed E-state index contributed by atoms with van der Waals surface area (Å²) in [5.41, 5.74) is -0.544. The molecule has 1 aromatic carbocycles. The van der Waals surface area contributed by atoms with Gasteiger partial charge in [0.15, 0.2) is 0 Å². The Morgan fingerprint density at radius 2 is 1.85 bits per heavy atom. The van der Waals surface area contributed by atoms with E-state index in [4.69, 9.17) is 4.74 Å². The lowest BCUT2D eigenvalue weighted by Gasteiger charge is -2.36. The van der Waals surface area contributed by atoms with Crippen LogP contribution in [0.5, 0.6) is 5.75 Å². The molecule has 11 heteroatoms. The third-order valence-corrected chi connectivity index (χ3v) is 8.22. The zero-order valence-electron chi connectivity index (χ0n) is 21.7. The van der Waals surface area contributed by atoms with E-state index in [1.807, 2.05) is 0 Å². The van der Waals surface area contributed by atoms with Crippen LogP contribution in [0.3, 0.4) is 0 Å². The van der Waals surface area contributed by atoms with E-state index in [-0.39, 0.29) is 34.8 Å². The number of benzene rings is 1. The highest BCUT2D eigenvalue weighted by molar-refractivity contribution is 6.00. The van der Waals surface area contributed by atoms with E-state index in [0.717, 1.165) is 6.42 Å². The highest BCUT2D eigenvalue weighted by Crippen LogP contribution is 2.42. The molecule has 2 aliphatic heterocycles. The molecule has 2 fully saturated rings. The van der Waals surface area contributed by atoms with Crippen molar-refractivity contribution in [2.75, 3.05) is 13.7 Å². The lowest BCUT2D eigenvalue weighted by Crippen LogP contribution is -2.52. The fraction of sp³-hybridized carbons (Fsp3) is 0.500. The number of methoxy groups -OCH3 is 1. The number of nitriles is 2. The van der Waals surface area contributed by atoms with Crippen LogP contribution in [-0.4, -0.2) is 52.2 Å². The molecular weight excluding hydrogens is 511 g/mol. The molecular formula is C28H28F3N5O3. The van der Waals surface area contributed by atoms with Gasteiger partial charge in [0.1, 0.15) is 22.5 Å². The van der Waals surface area contributed by atoms with Gasteiger partial charge in [0, 0.05) is 18.7 Å². The number of ether oxygens (including phenoxy) is 1. The molecule has 204 valence electrons. The van der Waals surface area contributed by atoms with Crippen molar-refractivity contribution >= 4 is 11.8 Å². The van der Waals surface area contributed by atoms with E-state index in [9.17, 15) is 33.3 Å². The number of halogens is 3. The first kappa shape index (κ1) is 26.6. The molecule has 0 unspecified atom stereocenters. The van der Waals surface area contributed by atoms with Gasteiger partial charge in [-0.15, -0.1) is 0 Å². The predicted octanol–water partition coefficient (Wildman–Crippen LogP) is 4.52. The normalized spacial score (nSPS) is 21.2. The van der Waals surface area contributed by atoms with E-state index in [1.54, 1.807) is 17.6 Å². The van der Waals surface area contributed by atoms with Crippen LogP contribution in [-0.2, 0) is 19.4 Å². The maximum absolute atomic E-state index is 13.7. The van der Waals surface area contributed by atoms with Crippen molar-refractivity contribution in [2.45, 2.75) is 75.7 Å². The Labute approximate surface area is 223 Å². The van der Waals surface area contributed by atoms with Gasteiger partial charge in [-0.05, 0) is 74.8 Å². The molecule has 8 nitrogen and oxygen atoms in total. The summed E-state index contributed by atoms with van der Waals surface area (Å²) in [6.45, 7) is 2.26. The van der Waals surface area contributed by atoms with Crippen molar-refractivity contribution in [1.82, 2.24) is 14.8 Å². The lowest BCUT2D eigenvalue weighted by atomic mass is 9.78. The van der Waals surface area contributed by atoms with Crippen LogP contribution >= 0.6 is 0 Å². The number of carbonyl (C=O) groups is 2. The van der Waals surface area contributed by atoms with Gasteiger partial charge in [0.05, 0.1) is 36.9 Å². The van der Waals surface area contributed by atoms with Crippen LogP contribution < -0.4 is 10.1 Å². The minimum Gasteiger partial charge on any atom is -0.496 e. The highest BCUT2D eigenvalue weighted by atomic mass is 19.4. The first-order chi connectivity index (χ1) is 18.4. The van der Waals surface area contributed by atoms with Gasteiger partial charge in [-0.25, -0.2) is 0 Å². The molecule has 1 N–H and O–H groups in total. The molecule has 0 radical (unpaired) electrons. The highest BCUT2D eigenvalue weighted by Gasteiger charge is 2.43. The van der Waals surface area contributed by atoms with Gasteiger partial charge in [-0.1, -0.05) is 0 Å². The summed E-state index contributed by atoms with van der Waals surface area (Å²) >= 11 is 0. The summed E-state index contributed by atoms with van der Waals surface area (Å²) in [6, 6.07) is 8.76. The molecule has 39 heavy (non-hydrogen) atoms. The summed E-state index contributed by atoms with van der Waals surface area (Å²) < 4.78 is 48.2. The molecule has 5 rings (SSSR count). The number of likely N-dealkylation sites (tertiary alicyclic amines) is 1. The second kappa shape index (κ2) is 9.33. The Bertz CT molecular complexity index is 1440. The van der Waals surface area contributed by atoms with Crippen molar-refractivity contribution < 1.29 is 27.5 Å². The fourth-order valence-electron chi connectivity index (χ4n) is 5.93. The quantitative estimate of drug-likeness (QED) is 0.601. The number of aryl methyl sites for hydroxylation is 1. The fourth-order valence-corrected chi connectivity index (χ4v) is 5.93. The van der Waals surface area contributed by atoms with Crippen molar-refractivity contribution in [1.29, 1.82) is 10.5 Å². The second-order valence-corrected chi connectivity index (χ2v) is 10.8. The van der Waals surface area contributed by atoms with E-state index in [1.165, 1.54) is 24.1 Å². The molecule has 1 atom stereocenters. The molecule has 1 saturated carbocycles. The van der Waals surface area contributed by atoms with Crippen molar-refractivity contribution in [2.24, 2.45) is 0 Å². The summed E-state index contributed by atoms with van der Waals surface area (Å²) in [5, 5.41) is 22.0. The van der Waals surface area contributed by atoms with Gasteiger partial charge in [-0.2, -0.15) is 23.7 Å². The zero-order valence-corrected chi connectivity index (χ0v) is 21.7. The van der Waals surface area contributed by atoms with Gasteiger partial charge >= 0.3 is 6.18 Å². The minimum atomic E-state index is -4.54. The largest absolute Gasteiger partial charge is 0.496 e. The standard InChI is InChI=1S/C28H28F3N5O3/c1-26(15-32)6-4-9-36(26)25(38)21-11-18(14-28(29,30)31)23-19-13-20(24(37)34-27(16-33)7-3-8-27)22(39-2)12-17(19)5-10-35(21)23/h11-13H,3-10,14H2,1-2H3,(H,34,37)/t26-/m1/s1. The maximum Gasteiger partial charge on any atom is 0.393 e. The summed E-state index contributed by atoms with van der Waals surface area (Å²) in [4.78, 5) is 28.4. The van der Waals surface area contributed by atoms with Crippen LogP contribution in [0.2, 0.25) is 0 Å². The topological polar surface area (TPSA) is 111 Å². The molecule has 1 aliphatic carbocycles. The first-order valence-corrected chi connectivity index (χ1v) is 12.9. The number of alkyl halides is 3. The second-order valence-electron chi connectivity index (χ2n) is 10.8. The van der Waals surface area contributed by atoms with E-state index < -0.39 is 35.5 Å². The van der Waals surface area contributed by atoms with Gasteiger partial charge in [0.25, 0.3) is 11.8 Å². The predicted molar refractivity (Wildman–Crippen MR) is 134 cm³/mol. The third kappa shape index (κ3) is 4.50. The Morgan fingerprint density at radius 1 is 1.10 bits per heavy atom. The number of rotatable bonds is 5. The molecule has 2 aromatic rings. The summed E-state index contributed by atoms with van der Waals surface area (Å²) in [6.07, 6.45) is -2.43. The van der Waals surface area contributed by atoms with Crippen LogP contribution in [0.1, 0.15) is 71.0 Å². The lowest BCUT2D eigenvalue weighted by molar-refractivity contribution is -0.127. The third-order valence-electron chi connectivity index (χ3n) is 8.22. The smallest absolute Gasteiger partial charge is 0.393 e. The number of hydrogen-bond acceptors (Lipinski definition) is 5. The van der Waals surface area contributed by atoms with Crippen molar-refractivity contribution in [3.05, 3.63) is 40.6 Å². The van der Waals surface area contributed by atoms with Crippen LogP contribution in [0.15, 0.2) is 18.2 Å². The number of carbonyl (C=O) groups excluding carboxylic acids is 2. The molecule has 3 aliphatic rings. The molecule has 3 heterocycles. The Morgan fingerprint density at radius 3 is 2.44 bits per heavy atom. The number of nitrogens with one attached hydrogen (secondary N) is 1. The number of amides is 2. The molecule has 1 saturated heterocycles. The molecule has 2 amide bonds. The maximum atomic E-state index is 13.7. The summed E-state index contributed by atoms with van der Waals surface area (Å²) in [5.74, 6) is -0.772. The monoisotopic (exact) mass is 539 g/mol. The molecule has 1 aromatic heterocycles. The SMILES string of the molecule is COc1cc2c(cc1C(=O)NC1(C#N)CCC1)-c1c(CC(F)(F)F)cc(C(=O)N3CCC[C@]3(C)C#N)n1CC2. The number of nitrogens with zero attached hydrogens (tertiary/aromatic N) is 4. The molecule has 0 spiro atoms. The van der Waals surface area contributed by atoms with Crippen molar-refractivity contribution in [3.8, 4) is 29.1 Å². The van der Waals surface area contributed by atoms with Crippen LogP contribution in [0, 0.1) is 22.7 Å². The van der Waals surface area contributed by atoms with E-state index in [2.05, 4.69) is 17.5 Å². The van der Waals surface area contributed by atoms with Gasteiger partial charge < -0.3 is 19.5 Å². The number of hydrogen-bond donors (Lipinski definition) is 1. The zero-order chi connectivity index (χ0) is 28.2. The van der Waals surface area contributed by atoms with E-state index >= 15 is 0 Å². The van der Waals surface area contributed by atoms with Gasteiger partial charge in [0.2, 0.25) is 0 Å². The average Bonchev–Trinajstić information content (AvgIpc) is 3.44. The Kier molecular flexibility index (Phi) is 6.37. The van der Waals surface area contributed by atoms with Crippen LogP contribution in [0.4, 0.5) is 13.2 Å². The number of fused-ring (bicyclic) bond motifs is 3. The van der Waals surface area contributed by atoms with E-state index in [0.29, 0.717) is 49.8 Å². The van der Waals surface area contributed by atoms with Crippen molar-refractivity contribution in [3.63, 3.8) is 0 Å². The minimum absolute atomic E-state index is 0.0753. The molecule has 0 bridgehead atoms. The van der Waals surface area contributed by atoms with Gasteiger partial charge in [-0.3, -0.25) is 9.59 Å². The first-order valence-electron chi connectivity index (χ1n) is 12.9. The Hall–Kier alpha value is -3.99. The Balaban J connectivity index is 1.63. The number of aromatic nitrogens is 1. The average molecular weight is 540 g/mol. The summed E-state index contributed by atoms with van der Waals surface area (Å²) in [7, 11) is 1.40. The van der Waals surface area contributed by atoms with Crippen LogP contribution in [0.25, 0.3) is 11.3 Å².